The van der Waals surface area contributed by atoms with E-state index in [0.717, 1.165) is 0 Å². The molecule has 1 aromatic carbocycles. The fraction of sp³-hybridized carbons (Fsp3) is 0.0833. The number of carbonyl (C=O) groups excluding carboxylic acids is 1. The summed E-state index contributed by atoms with van der Waals surface area (Å²) in [6.45, 7) is 1.69. The van der Waals surface area contributed by atoms with E-state index in [2.05, 4.69) is 36.6 Å². The standard InChI is InChI=1S/C12H11BrFN5O/c1-6-2-8(14)7(13)3-9(6)18-12(20)10-4-17-11(19-15)5-16-10/h2-5H,15H2,1H3,(H,17,19)(H,18,20). The molecule has 2 rings (SSSR count). The van der Waals surface area contributed by atoms with Crippen LogP contribution in [0.15, 0.2) is 29.0 Å². The van der Waals surface area contributed by atoms with Crippen molar-refractivity contribution in [1.82, 2.24) is 9.97 Å². The van der Waals surface area contributed by atoms with Crippen LogP contribution in [0.3, 0.4) is 0 Å². The van der Waals surface area contributed by atoms with Crippen LogP contribution >= 0.6 is 15.9 Å². The van der Waals surface area contributed by atoms with E-state index in [0.29, 0.717) is 17.1 Å². The molecule has 0 radical (unpaired) electrons. The van der Waals surface area contributed by atoms with Crippen LogP contribution in [0, 0.1) is 12.7 Å². The van der Waals surface area contributed by atoms with Gasteiger partial charge in [0.25, 0.3) is 5.91 Å². The molecule has 1 heterocycles. The van der Waals surface area contributed by atoms with E-state index in [4.69, 9.17) is 5.84 Å². The number of aryl methyl sites for hydroxylation is 1. The first-order valence-electron chi connectivity index (χ1n) is 5.57. The summed E-state index contributed by atoms with van der Waals surface area (Å²) < 4.78 is 13.6. The van der Waals surface area contributed by atoms with Gasteiger partial charge in [0.1, 0.15) is 11.5 Å². The van der Waals surface area contributed by atoms with Gasteiger partial charge in [-0.25, -0.2) is 20.2 Å². The van der Waals surface area contributed by atoms with E-state index in [1.165, 1.54) is 24.5 Å². The summed E-state index contributed by atoms with van der Waals surface area (Å²) in [7, 11) is 0. The largest absolute Gasteiger partial charge is 0.320 e. The Hall–Kier alpha value is -2.06. The normalized spacial score (nSPS) is 10.2. The van der Waals surface area contributed by atoms with Gasteiger partial charge in [-0.3, -0.25) is 4.79 Å². The van der Waals surface area contributed by atoms with Gasteiger partial charge in [0.15, 0.2) is 5.82 Å². The van der Waals surface area contributed by atoms with Crippen LogP contribution in [0.25, 0.3) is 0 Å². The fourth-order valence-corrected chi connectivity index (χ4v) is 1.83. The molecule has 6 nitrogen and oxygen atoms in total. The summed E-state index contributed by atoms with van der Waals surface area (Å²) in [5, 5.41) is 2.64. The van der Waals surface area contributed by atoms with Crippen molar-refractivity contribution in [2.75, 3.05) is 10.7 Å². The number of amides is 1. The Morgan fingerprint density at radius 1 is 1.35 bits per heavy atom. The van der Waals surface area contributed by atoms with Gasteiger partial charge in [-0.05, 0) is 40.5 Å². The summed E-state index contributed by atoms with van der Waals surface area (Å²) in [5.41, 5.74) is 3.54. The van der Waals surface area contributed by atoms with Gasteiger partial charge < -0.3 is 10.7 Å². The third-order valence-electron chi connectivity index (χ3n) is 2.55. The third-order valence-corrected chi connectivity index (χ3v) is 3.16. The van der Waals surface area contributed by atoms with Gasteiger partial charge in [-0.2, -0.15) is 0 Å². The fourth-order valence-electron chi connectivity index (χ4n) is 1.49. The van der Waals surface area contributed by atoms with Gasteiger partial charge >= 0.3 is 0 Å². The molecule has 104 valence electrons. The lowest BCUT2D eigenvalue weighted by Crippen LogP contribution is -2.16. The number of benzene rings is 1. The first kappa shape index (κ1) is 14.4. The monoisotopic (exact) mass is 339 g/mol. The van der Waals surface area contributed by atoms with Gasteiger partial charge in [0, 0.05) is 5.69 Å². The molecule has 0 saturated heterocycles. The number of carbonyl (C=O) groups is 1. The summed E-state index contributed by atoms with van der Waals surface area (Å²) in [6, 6.07) is 2.82. The second-order valence-electron chi connectivity index (χ2n) is 3.97. The predicted octanol–water partition coefficient (Wildman–Crippen LogP) is 2.22. The second-order valence-corrected chi connectivity index (χ2v) is 4.82. The third kappa shape index (κ3) is 3.09. The molecule has 4 N–H and O–H groups in total. The van der Waals surface area contributed by atoms with Crippen molar-refractivity contribution in [3.63, 3.8) is 0 Å². The van der Waals surface area contributed by atoms with Crippen LogP contribution < -0.4 is 16.6 Å². The molecule has 0 bridgehead atoms. The highest BCUT2D eigenvalue weighted by molar-refractivity contribution is 9.10. The van der Waals surface area contributed by atoms with E-state index in [-0.39, 0.29) is 10.2 Å². The number of aromatic nitrogens is 2. The van der Waals surface area contributed by atoms with Crippen molar-refractivity contribution in [1.29, 1.82) is 0 Å². The van der Waals surface area contributed by atoms with Crippen molar-refractivity contribution >= 4 is 33.3 Å². The predicted molar refractivity (Wildman–Crippen MR) is 76.6 cm³/mol. The minimum atomic E-state index is -0.442. The highest BCUT2D eigenvalue weighted by atomic mass is 79.9. The molecular weight excluding hydrogens is 329 g/mol. The quantitative estimate of drug-likeness (QED) is 0.589. The molecule has 0 saturated carbocycles. The van der Waals surface area contributed by atoms with Gasteiger partial charge in [-0.15, -0.1) is 0 Å². The smallest absolute Gasteiger partial charge is 0.275 e. The Labute approximate surface area is 122 Å². The zero-order chi connectivity index (χ0) is 14.7. The van der Waals surface area contributed by atoms with E-state index < -0.39 is 11.7 Å². The Bertz CT molecular complexity index is 647. The molecule has 0 aliphatic rings. The van der Waals surface area contributed by atoms with Crippen molar-refractivity contribution < 1.29 is 9.18 Å². The number of anilines is 2. The van der Waals surface area contributed by atoms with E-state index in [9.17, 15) is 9.18 Å². The highest BCUT2D eigenvalue weighted by Gasteiger charge is 2.12. The Morgan fingerprint density at radius 3 is 2.70 bits per heavy atom. The van der Waals surface area contributed by atoms with Crippen LogP contribution in [0.4, 0.5) is 15.9 Å². The van der Waals surface area contributed by atoms with Crippen LogP contribution in [0.2, 0.25) is 0 Å². The lowest BCUT2D eigenvalue weighted by atomic mass is 10.2. The number of hydrogen-bond donors (Lipinski definition) is 3. The Morgan fingerprint density at radius 2 is 2.10 bits per heavy atom. The van der Waals surface area contributed by atoms with Gasteiger partial charge in [-0.1, -0.05) is 0 Å². The van der Waals surface area contributed by atoms with Crippen molar-refractivity contribution in [2.45, 2.75) is 6.92 Å². The summed E-state index contributed by atoms with van der Waals surface area (Å²) in [5.74, 6) is 4.67. The van der Waals surface area contributed by atoms with E-state index in [1.807, 2.05) is 0 Å². The summed E-state index contributed by atoms with van der Waals surface area (Å²) in [6.07, 6.45) is 2.63. The average molecular weight is 340 g/mol. The lowest BCUT2D eigenvalue weighted by Gasteiger charge is -2.09. The first-order valence-corrected chi connectivity index (χ1v) is 6.36. The number of nitrogens with zero attached hydrogens (tertiary/aromatic N) is 2. The SMILES string of the molecule is Cc1cc(F)c(Br)cc1NC(=O)c1cnc(NN)cn1. The maximum absolute atomic E-state index is 13.3. The average Bonchev–Trinajstić information content (AvgIpc) is 2.44. The van der Waals surface area contributed by atoms with Gasteiger partial charge in [0.2, 0.25) is 0 Å². The van der Waals surface area contributed by atoms with Crippen LogP contribution in [0.1, 0.15) is 16.1 Å². The minimum absolute atomic E-state index is 0.129. The molecule has 0 spiro atoms. The highest BCUT2D eigenvalue weighted by Crippen LogP contribution is 2.24. The maximum atomic E-state index is 13.3. The maximum Gasteiger partial charge on any atom is 0.275 e. The molecule has 0 aliphatic carbocycles. The molecule has 1 amide bonds. The van der Waals surface area contributed by atoms with Crippen molar-refractivity contribution in [3.05, 3.63) is 46.1 Å². The Kier molecular flexibility index (Phi) is 4.26. The Balaban J connectivity index is 2.20. The first-order chi connectivity index (χ1) is 9.51. The van der Waals surface area contributed by atoms with Crippen molar-refractivity contribution in [2.24, 2.45) is 5.84 Å². The lowest BCUT2D eigenvalue weighted by molar-refractivity contribution is 0.102. The number of nitrogens with two attached hydrogens (primary N) is 1. The topological polar surface area (TPSA) is 92.9 Å². The molecule has 8 heteroatoms. The zero-order valence-corrected chi connectivity index (χ0v) is 12.0. The molecule has 0 fully saturated rings. The van der Waals surface area contributed by atoms with Crippen molar-refractivity contribution in [3.8, 4) is 0 Å². The zero-order valence-electron chi connectivity index (χ0n) is 10.4. The molecule has 0 atom stereocenters. The van der Waals surface area contributed by atoms with Crippen LogP contribution in [0.5, 0.6) is 0 Å². The second kappa shape index (κ2) is 5.93. The summed E-state index contributed by atoms with van der Waals surface area (Å²) >= 11 is 3.07. The molecular formula is C12H11BrFN5O. The molecule has 1 aromatic heterocycles. The van der Waals surface area contributed by atoms with Crippen LogP contribution in [-0.4, -0.2) is 15.9 Å². The number of nitrogen functional groups attached to an aromatic ring is 1. The molecule has 0 unspecified atom stereocenters. The minimum Gasteiger partial charge on any atom is -0.320 e. The molecule has 2 aromatic rings. The molecule has 0 aliphatic heterocycles. The van der Waals surface area contributed by atoms with Crippen LogP contribution in [-0.2, 0) is 0 Å². The number of hydrazine groups is 1. The number of hydrogen-bond acceptors (Lipinski definition) is 5. The molecule has 20 heavy (non-hydrogen) atoms. The van der Waals surface area contributed by atoms with E-state index in [1.54, 1.807) is 6.92 Å². The van der Waals surface area contributed by atoms with Gasteiger partial charge in [0.05, 0.1) is 16.9 Å². The van der Waals surface area contributed by atoms with E-state index >= 15 is 0 Å². The summed E-state index contributed by atoms with van der Waals surface area (Å²) in [4.78, 5) is 19.8. The number of halogens is 2. The number of rotatable bonds is 3. The number of nitrogens with one attached hydrogen (secondary N) is 2.